The first-order valence-corrected chi connectivity index (χ1v) is 13.2. The average Bonchev–Trinajstić information content (AvgIpc) is 3.15. The monoisotopic (exact) mass is 515 g/mol. The van der Waals surface area contributed by atoms with E-state index in [-0.39, 0.29) is 36.1 Å². The molecule has 2 aliphatic rings. The molecule has 1 aliphatic carbocycles. The molecule has 1 fully saturated rings. The first kappa shape index (κ1) is 24.8. The number of sulfone groups is 1. The maximum absolute atomic E-state index is 14.0. The molecule has 34 heavy (non-hydrogen) atoms. The maximum Gasteiger partial charge on any atom is 0.414 e. The molecule has 0 saturated carbocycles. The standard InChI is InChI=1S/C23H25ClF3N3O3S/c1-30(22(31)14-6-8-34(32,33)9-7-14)21(23(25,26)27)20-5-4-18(13-28-20)29-19-11-15-2-3-17(24)10-16(15)12-19/h2-5,10,13-14,19,21,29H,6-9,11-12H2,1H3/t19-,21+/m1/s1. The number of amides is 1. The number of halogens is 4. The Hall–Kier alpha value is -2.33. The molecule has 1 amide bonds. The minimum absolute atomic E-state index is 0.0291. The van der Waals surface area contributed by atoms with E-state index in [1.54, 1.807) is 0 Å². The van der Waals surface area contributed by atoms with Crippen LogP contribution < -0.4 is 5.32 Å². The van der Waals surface area contributed by atoms with Crippen LogP contribution in [0.15, 0.2) is 36.5 Å². The van der Waals surface area contributed by atoms with E-state index < -0.39 is 33.9 Å². The number of hydrogen-bond acceptors (Lipinski definition) is 5. The molecular formula is C23H25ClF3N3O3S. The van der Waals surface area contributed by atoms with Crippen LogP contribution in [0.25, 0.3) is 0 Å². The lowest BCUT2D eigenvalue weighted by molar-refractivity contribution is -0.191. The van der Waals surface area contributed by atoms with E-state index in [0.29, 0.717) is 15.6 Å². The van der Waals surface area contributed by atoms with Gasteiger partial charge < -0.3 is 10.2 Å². The molecule has 2 heterocycles. The van der Waals surface area contributed by atoms with E-state index in [4.69, 9.17) is 11.6 Å². The lowest BCUT2D eigenvalue weighted by Crippen LogP contribution is -2.44. The number of fused-ring (bicyclic) bond motifs is 1. The topological polar surface area (TPSA) is 79.4 Å². The lowest BCUT2D eigenvalue weighted by Gasteiger charge is -2.33. The van der Waals surface area contributed by atoms with Crippen LogP contribution in [0.2, 0.25) is 5.02 Å². The fourth-order valence-electron chi connectivity index (χ4n) is 4.71. The van der Waals surface area contributed by atoms with Gasteiger partial charge in [0.1, 0.15) is 9.84 Å². The summed E-state index contributed by atoms with van der Waals surface area (Å²) in [7, 11) is -2.13. The number of aromatic nitrogens is 1. The van der Waals surface area contributed by atoms with Crippen molar-refractivity contribution in [3.05, 3.63) is 58.4 Å². The minimum Gasteiger partial charge on any atom is -0.380 e. The van der Waals surface area contributed by atoms with E-state index in [2.05, 4.69) is 10.3 Å². The van der Waals surface area contributed by atoms with Crippen LogP contribution in [-0.4, -0.2) is 55.0 Å². The molecule has 0 radical (unpaired) electrons. The van der Waals surface area contributed by atoms with Crippen LogP contribution in [0.1, 0.15) is 35.7 Å². The van der Waals surface area contributed by atoms with Crippen molar-refractivity contribution in [2.75, 3.05) is 23.9 Å². The summed E-state index contributed by atoms with van der Waals surface area (Å²) in [5.41, 5.74) is 2.61. The predicted octanol–water partition coefficient (Wildman–Crippen LogP) is 4.20. The van der Waals surface area contributed by atoms with Crippen LogP contribution in [0.5, 0.6) is 0 Å². The molecule has 0 spiro atoms. The second-order valence-electron chi connectivity index (χ2n) is 8.95. The van der Waals surface area contributed by atoms with Crippen molar-refractivity contribution in [2.24, 2.45) is 5.92 Å². The molecule has 0 unspecified atom stereocenters. The summed E-state index contributed by atoms with van der Waals surface area (Å²) in [5, 5.41) is 3.96. The van der Waals surface area contributed by atoms with Gasteiger partial charge in [-0.1, -0.05) is 17.7 Å². The van der Waals surface area contributed by atoms with Gasteiger partial charge in [0.2, 0.25) is 5.91 Å². The fourth-order valence-corrected chi connectivity index (χ4v) is 6.40. The Morgan fingerprint density at radius 1 is 1.15 bits per heavy atom. The average molecular weight is 516 g/mol. The van der Waals surface area contributed by atoms with Crippen molar-refractivity contribution in [3.63, 3.8) is 0 Å². The number of nitrogens with one attached hydrogen (secondary N) is 1. The van der Waals surface area contributed by atoms with Crippen LogP contribution in [0.4, 0.5) is 18.9 Å². The lowest BCUT2D eigenvalue weighted by atomic mass is 9.99. The van der Waals surface area contributed by atoms with Gasteiger partial charge in [-0.2, -0.15) is 13.2 Å². The van der Waals surface area contributed by atoms with Crippen LogP contribution in [-0.2, 0) is 27.5 Å². The highest BCUT2D eigenvalue weighted by Crippen LogP contribution is 2.38. The van der Waals surface area contributed by atoms with Crippen molar-refractivity contribution >= 4 is 33.0 Å². The van der Waals surface area contributed by atoms with Gasteiger partial charge in [0, 0.05) is 24.0 Å². The number of hydrogen-bond donors (Lipinski definition) is 1. The maximum atomic E-state index is 14.0. The highest BCUT2D eigenvalue weighted by atomic mass is 35.5. The number of benzene rings is 1. The Morgan fingerprint density at radius 2 is 1.82 bits per heavy atom. The normalized spacial score (nSPS) is 21.0. The molecule has 2 aromatic rings. The van der Waals surface area contributed by atoms with E-state index in [0.717, 1.165) is 25.5 Å². The number of carbonyl (C=O) groups is 1. The zero-order valence-electron chi connectivity index (χ0n) is 18.5. The first-order chi connectivity index (χ1) is 15.9. The Bertz CT molecular complexity index is 1160. The third kappa shape index (κ3) is 5.49. The largest absolute Gasteiger partial charge is 0.414 e. The van der Waals surface area contributed by atoms with Gasteiger partial charge in [0.25, 0.3) is 0 Å². The third-order valence-corrected chi connectivity index (χ3v) is 8.44. The number of alkyl halides is 3. The van der Waals surface area contributed by atoms with Crippen molar-refractivity contribution in [1.29, 1.82) is 0 Å². The first-order valence-electron chi connectivity index (χ1n) is 11.0. The van der Waals surface area contributed by atoms with Crippen molar-refractivity contribution < 1.29 is 26.4 Å². The quantitative estimate of drug-likeness (QED) is 0.645. The molecule has 1 aromatic heterocycles. The third-order valence-electron chi connectivity index (χ3n) is 6.49. The molecule has 2 atom stereocenters. The molecule has 1 aromatic carbocycles. The zero-order valence-corrected chi connectivity index (χ0v) is 20.1. The van der Waals surface area contributed by atoms with Crippen LogP contribution >= 0.6 is 11.6 Å². The van der Waals surface area contributed by atoms with Crippen LogP contribution in [0.3, 0.4) is 0 Å². The molecule has 0 bridgehead atoms. The minimum atomic E-state index is -4.74. The van der Waals surface area contributed by atoms with Crippen molar-refractivity contribution in [3.8, 4) is 0 Å². The summed E-state index contributed by atoms with van der Waals surface area (Å²) in [6.45, 7) is 0. The van der Waals surface area contributed by atoms with Gasteiger partial charge in [-0.05, 0) is 61.1 Å². The van der Waals surface area contributed by atoms with Crippen molar-refractivity contribution in [1.82, 2.24) is 9.88 Å². The zero-order chi connectivity index (χ0) is 24.7. The summed E-state index contributed by atoms with van der Waals surface area (Å²) >= 11 is 6.05. The van der Waals surface area contributed by atoms with Gasteiger partial charge in [-0.3, -0.25) is 9.78 Å². The molecule has 1 saturated heterocycles. The summed E-state index contributed by atoms with van der Waals surface area (Å²) < 4.78 is 65.1. The second kappa shape index (κ2) is 9.37. The molecule has 11 heteroatoms. The number of carbonyl (C=O) groups excluding carboxylic acids is 1. The van der Waals surface area contributed by atoms with E-state index in [9.17, 15) is 26.4 Å². The number of anilines is 1. The van der Waals surface area contributed by atoms with Gasteiger partial charge in [-0.25, -0.2) is 8.42 Å². The Labute approximate surface area is 201 Å². The highest BCUT2D eigenvalue weighted by molar-refractivity contribution is 7.91. The van der Waals surface area contributed by atoms with E-state index >= 15 is 0 Å². The Balaban J connectivity index is 1.45. The van der Waals surface area contributed by atoms with Gasteiger partial charge in [0.15, 0.2) is 6.04 Å². The Morgan fingerprint density at radius 3 is 2.44 bits per heavy atom. The molecule has 1 N–H and O–H groups in total. The van der Waals surface area contributed by atoms with Gasteiger partial charge >= 0.3 is 6.18 Å². The number of nitrogens with zero attached hydrogens (tertiary/aromatic N) is 2. The molecule has 6 nitrogen and oxygen atoms in total. The predicted molar refractivity (Wildman–Crippen MR) is 123 cm³/mol. The fraction of sp³-hybridized carbons (Fsp3) is 0.478. The number of rotatable bonds is 5. The van der Waals surface area contributed by atoms with E-state index in [1.165, 1.54) is 23.9 Å². The molecule has 4 rings (SSSR count). The summed E-state index contributed by atoms with van der Waals surface area (Å²) in [4.78, 5) is 17.5. The smallest absolute Gasteiger partial charge is 0.380 e. The molecular weight excluding hydrogens is 491 g/mol. The SMILES string of the molecule is CN(C(=O)C1CCS(=O)(=O)CC1)[C@@H](c1ccc(N[C@@H]2Cc3ccc(Cl)cc3C2)cn1)C(F)(F)F. The van der Waals surface area contributed by atoms with Crippen molar-refractivity contribution in [2.45, 2.75) is 43.9 Å². The van der Waals surface area contributed by atoms with E-state index in [1.807, 2.05) is 18.2 Å². The summed E-state index contributed by atoms with van der Waals surface area (Å²) in [6.07, 6.45) is -1.82. The van der Waals surface area contributed by atoms with Gasteiger partial charge in [-0.15, -0.1) is 0 Å². The molecule has 1 aliphatic heterocycles. The van der Waals surface area contributed by atoms with Gasteiger partial charge in [0.05, 0.1) is 29.1 Å². The summed E-state index contributed by atoms with van der Waals surface area (Å²) in [6, 6.07) is 6.39. The molecule has 184 valence electrons. The Kier molecular flexibility index (Phi) is 6.83. The highest BCUT2D eigenvalue weighted by Gasteiger charge is 2.47. The summed E-state index contributed by atoms with van der Waals surface area (Å²) in [5.74, 6) is -1.85. The number of pyridine rings is 1. The second-order valence-corrected chi connectivity index (χ2v) is 11.7. The van der Waals surface area contributed by atoms with Crippen LogP contribution in [0, 0.1) is 5.92 Å².